The summed E-state index contributed by atoms with van der Waals surface area (Å²) in [6.45, 7) is 1.85. The maximum absolute atomic E-state index is 11.7. The number of halogens is 2. The van der Waals surface area contributed by atoms with Gasteiger partial charge in [-0.3, -0.25) is 4.79 Å². The van der Waals surface area contributed by atoms with Crippen molar-refractivity contribution in [1.29, 1.82) is 0 Å². The monoisotopic (exact) mass is 315 g/mol. The molecule has 4 nitrogen and oxygen atoms in total. The van der Waals surface area contributed by atoms with Crippen molar-refractivity contribution in [2.24, 2.45) is 0 Å². The number of aliphatic carboxylic acids is 1. The van der Waals surface area contributed by atoms with Crippen LogP contribution in [0.5, 0.6) is 0 Å². The predicted octanol–water partition coefficient (Wildman–Crippen LogP) is 3.38. The molecule has 0 aliphatic carbocycles. The Labute approximate surface area is 127 Å². The highest BCUT2D eigenvalue weighted by Crippen LogP contribution is 2.21. The normalized spacial score (nSPS) is 12.3. The Balaban J connectivity index is 2.72. The Morgan fingerprint density at radius 2 is 2.10 bits per heavy atom. The number of carbonyl (C=O) groups excluding carboxylic acids is 1. The second kappa shape index (κ2) is 7.92. The van der Waals surface area contributed by atoms with Gasteiger partial charge in [-0.05, 0) is 36.3 Å². The van der Waals surface area contributed by atoms with Gasteiger partial charge in [0.15, 0.2) is 0 Å². The molecule has 6 heteroatoms. The summed E-state index contributed by atoms with van der Waals surface area (Å²) in [6.07, 6.45) is 3.78. The number of hydrogen-bond donors (Lipinski definition) is 2. The van der Waals surface area contributed by atoms with Gasteiger partial charge in [0.2, 0.25) is 5.91 Å². The average molecular weight is 316 g/mol. The highest BCUT2D eigenvalue weighted by Gasteiger charge is 2.17. The average Bonchev–Trinajstić information content (AvgIpc) is 2.39. The number of rotatable bonds is 6. The summed E-state index contributed by atoms with van der Waals surface area (Å²) >= 11 is 11.8. The van der Waals surface area contributed by atoms with Gasteiger partial charge >= 0.3 is 5.97 Å². The summed E-state index contributed by atoms with van der Waals surface area (Å²) in [5.74, 6) is -1.53. The van der Waals surface area contributed by atoms with E-state index in [4.69, 9.17) is 28.3 Å². The molecule has 0 aliphatic heterocycles. The standard InChI is InChI=1S/C14H15Cl2NO3/c1-2-3-12(14(19)20)17-13(18)7-4-9-8-10(15)5-6-11(9)16/h4-8,12H,2-3H2,1H3,(H,17,18)(H,19,20)/b7-4+/t12-/m1/s1. The van der Waals surface area contributed by atoms with E-state index in [0.717, 1.165) is 0 Å². The van der Waals surface area contributed by atoms with E-state index >= 15 is 0 Å². The Kier molecular flexibility index (Phi) is 6.55. The van der Waals surface area contributed by atoms with Crippen LogP contribution in [0.1, 0.15) is 25.3 Å². The van der Waals surface area contributed by atoms with Crippen LogP contribution in [0.2, 0.25) is 10.0 Å². The van der Waals surface area contributed by atoms with E-state index in [1.54, 1.807) is 18.2 Å². The largest absolute Gasteiger partial charge is 0.480 e. The lowest BCUT2D eigenvalue weighted by molar-refractivity contribution is -0.141. The molecule has 0 bridgehead atoms. The molecule has 1 amide bonds. The van der Waals surface area contributed by atoms with Gasteiger partial charge in [0.25, 0.3) is 0 Å². The van der Waals surface area contributed by atoms with Gasteiger partial charge in [0, 0.05) is 16.1 Å². The van der Waals surface area contributed by atoms with Gasteiger partial charge in [-0.1, -0.05) is 36.5 Å². The number of amides is 1. The number of hydrogen-bond acceptors (Lipinski definition) is 2. The smallest absolute Gasteiger partial charge is 0.326 e. The summed E-state index contributed by atoms with van der Waals surface area (Å²) in [7, 11) is 0. The highest BCUT2D eigenvalue weighted by atomic mass is 35.5. The molecule has 1 aromatic rings. The fourth-order valence-corrected chi connectivity index (χ4v) is 1.93. The highest BCUT2D eigenvalue weighted by molar-refractivity contribution is 6.34. The van der Waals surface area contributed by atoms with Crippen LogP contribution in [0.3, 0.4) is 0 Å². The second-order valence-corrected chi connectivity index (χ2v) is 5.03. The van der Waals surface area contributed by atoms with Gasteiger partial charge in [0.05, 0.1) is 0 Å². The van der Waals surface area contributed by atoms with Crippen molar-refractivity contribution >= 4 is 41.2 Å². The molecular formula is C14H15Cl2NO3. The van der Waals surface area contributed by atoms with Gasteiger partial charge in [0.1, 0.15) is 6.04 Å². The Morgan fingerprint density at radius 3 is 2.70 bits per heavy atom. The third kappa shape index (κ3) is 5.23. The molecule has 108 valence electrons. The molecule has 1 aromatic carbocycles. The molecule has 0 heterocycles. The molecule has 2 N–H and O–H groups in total. The fourth-order valence-electron chi connectivity index (χ4n) is 1.57. The molecule has 0 saturated heterocycles. The van der Waals surface area contributed by atoms with Crippen LogP contribution in [0.25, 0.3) is 6.08 Å². The van der Waals surface area contributed by atoms with Crippen LogP contribution in [-0.4, -0.2) is 23.0 Å². The molecule has 0 aliphatic rings. The van der Waals surface area contributed by atoms with E-state index in [-0.39, 0.29) is 0 Å². The molecule has 1 atom stereocenters. The fraction of sp³-hybridized carbons (Fsp3) is 0.286. The van der Waals surface area contributed by atoms with Gasteiger partial charge in [-0.15, -0.1) is 0 Å². The van der Waals surface area contributed by atoms with E-state index < -0.39 is 17.9 Å². The summed E-state index contributed by atoms with van der Waals surface area (Å²) in [6, 6.07) is 4.00. The van der Waals surface area contributed by atoms with Crippen molar-refractivity contribution in [2.45, 2.75) is 25.8 Å². The van der Waals surface area contributed by atoms with Crippen molar-refractivity contribution in [1.82, 2.24) is 5.32 Å². The van der Waals surface area contributed by atoms with E-state index in [2.05, 4.69) is 5.32 Å². The third-order valence-corrected chi connectivity index (χ3v) is 3.14. The number of carboxylic acids is 1. The van der Waals surface area contributed by atoms with E-state index in [0.29, 0.717) is 28.5 Å². The van der Waals surface area contributed by atoms with E-state index in [9.17, 15) is 9.59 Å². The van der Waals surface area contributed by atoms with E-state index in [1.165, 1.54) is 12.2 Å². The van der Waals surface area contributed by atoms with Crippen molar-refractivity contribution in [2.75, 3.05) is 0 Å². The lowest BCUT2D eigenvalue weighted by atomic mass is 10.1. The molecule has 0 aromatic heterocycles. The molecule has 1 rings (SSSR count). The van der Waals surface area contributed by atoms with Crippen molar-refractivity contribution in [3.8, 4) is 0 Å². The third-order valence-electron chi connectivity index (χ3n) is 2.56. The molecule has 0 saturated carbocycles. The topological polar surface area (TPSA) is 66.4 Å². The SMILES string of the molecule is CCC[C@@H](NC(=O)/C=C/c1cc(Cl)ccc1Cl)C(=O)O. The minimum Gasteiger partial charge on any atom is -0.480 e. The molecule has 20 heavy (non-hydrogen) atoms. The first-order valence-corrected chi connectivity index (χ1v) is 6.86. The molecule has 0 unspecified atom stereocenters. The number of carboxylic acid groups (broad SMARTS) is 1. The number of benzene rings is 1. The van der Waals surface area contributed by atoms with Crippen LogP contribution < -0.4 is 5.32 Å². The number of carbonyl (C=O) groups is 2. The zero-order valence-electron chi connectivity index (χ0n) is 10.9. The Morgan fingerprint density at radius 1 is 1.40 bits per heavy atom. The summed E-state index contributed by atoms with van der Waals surface area (Å²) in [4.78, 5) is 22.6. The molecule has 0 spiro atoms. The summed E-state index contributed by atoms with van der Waals surface area (Å²) < 4.78 is 0. The molecule has 0 fully saturated rings. The van der Waals surface area contributed by atoms with Gasteiger partial charge < -0.3 is 10.4 Å². The lowest BCUT2D eigenvalue weighted by Gasteiger charge is -2.11. The van der Waals surface area contributed by atoms with Crippen LogP contribution in [-0.2, 0) is 9.59 Å². The van der Waals surface area contributed by atoms with Gasteiger partial charge in [-0.25, -0.2) is 4.79 Å². The Bertz CT molecular complexity index is 529. The maximum Gasteiger partial charge on any atom is 0.326 e. The first-order chi connectivity index (χ1) is 9.43. The minimum absolute atomic E-state index is 0.382. The second-order valence-electron chi connectivity index (χ2n) is 4.19. The first kappa shape index (κ1) is 16.5. The predicted molar refractivity (Wildman–Crippen MR) is 80.0 cm³/mol. The minimum atomic E-state index is -1.05. The van der Waals surface area contributed by atoms with Crippen LogP contribution in [0.15, 0.2) is 24.3 Å². The quantitative estimate of drug-likeness (QED) is 0.791. The summed E-state index contributed by atoms with van der Waals surface area (Å²) in [5.41, 5.74) is 0.594. The van der Waals surface area contributed by atoms with Gasteiger partial charge in [-0.2, -0.15) is 0 Å². The lowest BCUT2D eigenvalue weighted by Crippen LogP contribution is -2.39. The molecular weight excluding hydrogens is 301 g/mol. The van der Waals surface area contributed by atoms with Crippen LogP contribution in [0.4, 0.5) is 0 Å². The van der Waals surface area contributed by atoms with Crippen molar-refractivity contribution < 1.29 is 14.7 Å². The maximum atomic E-state index is 11.7. The van der Waals surface area contributed by atoms with Crippen LogP contribution in [0, 0.1) is 0 Å². The van der Waals surface area contributed by atoms with Crippen molar-refractivity contribution in [3.05, 3.63) is 39.9 Å². The summed E-state index contributed by atoms with van der Waals surface area (Å²) in [5, 5.41) is 12.3. The Hall–Kier alpha value is -1.52. The first-order valence-electron chi connectivity index (χ1n) is 6.10. The zero-order valence-corrected chi connectivity index (χ0v) is 12.4. The number of nitrogens with one attached hydrogen (secondary N) is 1. The van der Waals surface area contributed by atoms with E-state index in [1.807, 2.05) is 6.92 Å². The zero-order chi connectivity index (χ0) is 15.1. The molecule has 0 radical (unpaired) electrons. The van der Waals surface area contributed by atoms with Crippen molar-refractivity contribution in [3.63, 3.8) is 0 Å². The van der Waals surface area contributed by atoms with Crippen LogP contribution >= 0.6 is 23.2 Å².